The molecule has 1 aliphatic carbocycles. The van der Waals surface area contributed by atoms with Gasteiger partial charge in [-0.3, -0.25) is 0 Å². The lowest BCUT2D eigenvalue weighted by molar-refractivity contribution is 0.474. The van der Waals surface area contributed by atoms with E-state index < -0.39 is 0 Å². The largest absolute Gasteiger partial charge is 0.508 e. The van der Waals surface area contributed by atoms with Gasteiger partial charge in [0.15, 0.2) is 0 Å². The molecule has 2 atom stereocenters. The van der Waals surface area contributed by atoms with Crippen LogP contribution in [0.2, 0.25) is 0 Å². The van der Waals surface area contributed by atoms with Gasteiger partial charge in [-0.05, 0) is 41.5 Å². The molecule has 0 bridgehead atoms. The maximum Gasteiger partial charge on any atom is 0.115 e. The summed E-state index contributed by atoms with van der Waals surface area (Å²) in [4.78, 5) is 0. The van der Waals surface area contributed by atoms with Crippen molar-refractivity contribution in [1.29, 1.82) is 0 Å². The zero-order valence-corrected chi connectivity index (χ0v) is 8.70. The van der Waals surface area contributed by atoms with Crippen LogP contribution >= 0.6 is 0 Å². The van der Waals surface area contributed by atoms with Gasteiger partial charge in [-0.25, -0.2) is 0 Å². The molecule has 0 amide bonds. The van der Waals surface area contributed by atoms with Crippen LogP contribution in [0.4, 0.5) is 0 Å². The van der Waals surface area contributed by atoms with E-state index in [-0.39, 0.29) is 0 Å². The molecule has 1 aliphatic rings. The molecule has 0 aliphatic heterocycles. The maximum absolute atomic E-state index is 9.39. The first kappa shape index (κ1) is 9.53. The molecule has 0 heterocycles. The topological polar surface area (TPSA) is 46.2 Å². The molecule has 2 heteroatoms. The molecule has 2 rings (SSSR count). The molecule has 2 unspecified atom stereocenters. The highest BCUT2D eigenvalue weighted by Gasteiger charge is 2.57. The fraction of sp³-hybridized carbons (Fsp3) is 0.500. The van der Waals surface area contributed by atoms with Crippen LogP contribution in [-0.4, -0.2) is 11.7 Å². The Hall–Kier alpha value is -1.02. The number of phenolic OH excluding ortho intramolecular Hbond substituents is 1. The predicted molar refractivity (Wildman–Crippen MR) is 57.2 cm³/mol. The molecule has 1 aromatic carbocycles. The second-order valence-electron chi connectivity index (χ2n) is 4.74. The quantitative estimate of drug-likeness (QED) is 0.752. The summed E-state index contributed by atoms with van der Waals surface area (Å²) < 4.78 is 0. The van der Waals surface area contributed by atoms with Gasteiger partial charge in [0.25, 0.3) is 0 Å². The van der Waals surface area contributed by atoms with Crippen molar-refractivity contribution >= 4 is 0 Å². The van der Waals surface area contributed by atoms with Crippen molar-refractivity contribution in [3.63, 3.8) is 0 Å². The van der Waals surface area contributed by atoms with E-state index in [0.29, 0.717) is 23.0 Å². The minimum absolute atomic E-state index is 0.294. The van der Waals surface area contributed by atoms with E-state index >= 15 is 0 Å². The summed E-state index contributed by atoms with van der Waals surface area (Å²) in [5, 5.41) is 9.39. The summed E-state index contributed by atoms with van der Waals surface area (Å²) in [6.07, 6.45) is 0. The minimum Gasteiger partial charge on any atom is -0.508 e. The van der Waals surface area contributed by atoms with E-state index in [1.54, 1.807) is 6.07 Å². The van der Waals surface area contributed by atoms with E-state index in [9.17, 15) is 5.11 Å². The van der Waals surface area contributed by atoms with E-state index in [2.05, 4.69) is 19.9 Å². The standard InChI is InChI=1S/C12H17NO/c1-12(2)10(7-13)11(12)8-4-3-5-9(14)6-8/h3-6,10-11,14H,7,13H2,1-2H3. The Kier molecular flexibility index (Phi) is 2.04. The van der Waals surface area contributed by atoms with Crippen LogP contribution in [0.1, 0.15) is 25.3 Å². The number of rotatable bonds is 2. The molecule has 1 fully saturated rings. The smallest absolute Gasteiger partial charge is 0.115 e. The third-order valence-corrected chi connectivity index (χ3v) is 3.53. The van der Waals surface area contributed by atoms with Crippen LogP contribution in [0.5, 0.6) is 5.75 Å². The third kappa shape index (κ3) is 1.30. The minimum atomic E-state index is 0.294. The van der Waals surface area contributed by atoms with Gasteiger partial charge in [0.2, 0.25) is 0 Å². The fourth-order valence-corrected chi connectivity index (χ4v) is 2.56. The zero-order valence-electron chi connectivity index (χ0n) is 8.70. The van der Waals surface area contributed by atoms with Gasteiger partial charge in [-0.2, -0.15) is 0 Å². The average Bonchev–Trinajstić information content (AvgIpc) is 2.68. The summed E-state index contributed by atoms with van der Waals surface area (Å²) in [7, 11) is 0. The van der Waals surface area contributed by atoms with Crippen molar-refractivity contribution in [1.82, 2.24) is 0 Å². The zero-order chi connectivity index (χ0) is 10.3. The Balaban J connectivity index is 2.26. The summed E-state index contributed by atoms with van der Waals surface area (Å²) in [6, 6.07) is 7.52. The van der Waals surface area contributed by atoms with Crippen LogP contribution in [0.25, 0.3) is 0 Å². The highest BCUT2D eigenvalue weighted by molar-refractivity contribution is 5.36. The predicted octanol–water partition coefficient (Wildman–Crippen LogP) is 2.09. The van der Waals surface area contributed by atoms with Crippen molar-refractivity contribution in [2.24, 2.45) is 17.1 Å². The van der Waals surface area contributed by atoms with Gasteiger partial charge >= 0.3 is 0 Å². The van der Waals surface area contributed by atoms with Crippen molar-refractivity contribution in [3.8, 4) is 5.75 Å². The van der Waals surface area contributed by atoms with Crippen molar-refractivity contribution < 1.29 is 5.11 Å². The second kappa shape index (κ2) is 2.99. The molecule has 14 heavy (non-hydrogen) atoms. The van der Waals surface area contributed by atoms with Gasteiger partial charge in [-0.1, -0.05) is 26.0 Å². The first-order chi connectivity index (χ1) is 6.57. The Morgan fingerprint density at radius 2 is 2.14 bits per heavy atom. The lowest BCUT2D eigenvalue weighted by atomic mass is 10.0. The first-order valence-corrected chi connectivity index (χ1v) is 5.06. The van der Waals surface area contributed by atoms with Crippen LogP contribution in [0.15, 0.2) is 24.3 Å². The number of nitrogens with two attached hydrogens (primary N) is 1. The van der Waals surface area contributed by atoms with E-state index in [4.69, 9.17) is 5.73 Å². The fourth-order valence-electron chi connectivity index (χ4n) is 2.56. The number of benzene rings is 1. The summed E-state index contributed by atoms with van der Waals surface area (Å²) in [5.41, 5.74) is 7.22. The second-order valence-corrected chi connectivity index (χ2v) is 4.74. The highest BCUT2D eigenvalue weighted by Crippen LogP contribution is 2.63. The first-order valence-electron chi connectivity index (χ1n) is 5.06. The van der Waals surface area contributed by atoms with Gasteiger partial charge in [-0.15, -0.1) is 0 Å². The normalized spacial score (nSPS) is 28.8. The van der Waals surface area contributed by atoms with Gasteiger partial charge < -0.3 is 10.8 Å². The Morgan fingerprint density at radius 3 is 2.64 bits per heavy atom. The molecule has 0 spiro atoms. The molecular formula is C12H17NO. The van der Waals surface area contributed by atoms with E-state index in [0.717, 1.165) is 6.54 Å². The van der Waals surface area contributed by atoms with E-state index in [1.165, 1.54) is 5.56 Å². The Bertz CT molecular complexity index is 346. The Morgan fingerprint density at radius 1 is 1.43 bits per heavy atom. The molecule has 1 saturated carbocycles. The van der Waals surface area contributed by atoms with Crippen molar-refractivity contribution in [2.45, 2.75) is 19.8 Å². The monoisotopic (exact) mass is 191 g/mol. The number of hydrogen-bond acceptors (Lipinski definition) is 2. The molecule has 1 aromatic rings. The average molecular weight is 191 g/mol. The SMILES string of the molecule is CC1(C)C(CN)C1c1cccc(O)c1. The van der Waals surface area contributed by atoms with E-state index in [1.807, 2.05) is 12.1 Å². The lowest BCUT2D eigenvalue weighted by Gasteiger charge is -2.03. The van der Waals surface area contributed by atoms with Crippen LogP contribution < -0.4 is 5.73 Å². The summed E-state index contributed by atoms with van der Waals surface area (Å²) in [5.74, 6) is 1.42. The lowest BCUT2D eigenvalue weighted by Crippen LogP contribution is -2.05. The van der Waals surface area contributed by atoms with Gasteiger partial charge in [0, 0.05) is 0 Å². The number of phenols is 1. The number of hydrogen-bond donors (Lipinski definition) is 2. The maximum atomic E-state index is 9.39. The molecule has 0 aromatic heterocycles. The third-order valence-electron chi connectivity index (χ3n) is 3.53. The van der Waals surface area contributed by atoms with Crippen LogP contribution in [0.3, 0.4) is 0 Å². The Labute approximate surface area is 84.7 Å². The molecular weight excluding hydrogens is 174 g/mol. The van der Waals surface area contributed by atoms with Gasteiger partial charge in [0.1, 0.15) is 5.75 Å². The molecule has 0 saturated heterocycles. The van der Waals surface area contributed by atoms with Crippen LogP contribution in [-0.2, 0) is 0 Å². The molecule has 2 nitrogen and oxygen atoms in total. The van der Waals surface area contributed by atoms with Crippen molar-refractivity contribution in [2.75, 3.05) is 6.54 Å². The van der Waals surface area contributed by atoms with Gasteiger partial charge in [0.05, 0.1) is 0 Å². The van der Waals surface area contributed by atoms with Crippen molar-refractivity contribution in [3.05, 3.63) is 29.8 Å². The molecule has 3 N–H and O–H groups in total. The molecule has 76 valence electrons. The number of aromatic hydroxyl groups is 1. The molecule has 0 radical (unpaired) electrons. The highest BCUT2D eigenvalue weighted by atomic mass is 16.3. The summed E-state index contributed by atoms with van der Waals surface area (Å²) in [6.45, 7) is 5.20. The summed E-state index contributed by atoms with van der Waals surface area (Å²) >= 11 is 0. The van der Waals surface area contributed by atoms with Crippen LogP contribution in [0, 0.1) is 11.3 Å².